The van der Waals surface area contributed by atoms with E-state index in [4.69, 9.17) is 9.40 Å². The number of oxazole rings is 1. The molecule has 1 aliphatic carbocycles. The van der Waals surface area contributed by atoms with Crippen LogP contribution in [-0.4, -0.2) is 4.98 Å². The van der Waals surface area contributed by atoms with E-state index in [0.717, 1.165) is 44.5 Å². The molecule has 3 heteroatoms. The van der Waals surface area contributed by atoms with Gasteiger partial charge in [-0.2, -0.15) is 0 Å². The van der Waals surface area contributed by atoms with Crippen LogP contribution in [0, 0.1) is 0 Å². The first kappa shape index (κ1) is 27.4. The number of hydrogen-bond acceptors (Lipinski definition) is 3. The van der Waals surface area contributed by atoms with Crippen molar-refractivity contribution in [3.8, 4) is 33.7 Å². The Morgan fingerprint density at radius 1 is 0.553 bits per heavy atom. The van der Waals surface area contributed by atoms with Crippen molar-refractivity contribution < 1.29 is 4.42 Å². The summed E-state index contributed by atoms with van der Waals surface area (Å²) in [4.78, 5) is 7.43. The van der Waals surface area contributed by atoms with Gasteiger partial charge in [-0.25, -0.2) is 4.98 Å². The minimum absolute atomic E-state index is 0.0381. The standard InChI is InChI=1S/C44H32N2O/c1-44(2)37-22-12-11-20-36(37)40-34(21-13-23-38(40)44)29-24-26-33(27-25-29)46(32-17-7-4-8-18-32)39-28-31-16-9-10-19-35(31)42-41(39)45-43(47-42)30-14-5-3-6-15-30/h3-28H,1-2H3. The Morgan fingerprint density at radius 3 is 2.00 bits per heavy atom. The zero-order valence-electron chi connectivity index (χ0n) is 26.3. The molecule has 1 aromatic heterocycles. The molecular weight excluding hydrogens is 572 g/mol. The largest absolute Gasteiger partial charge is 0.435 e. The van der Waals surface area contributed by atoms with Gasteiger partial charge in [0.25, 0.3) is 0 Å². The Balaban J connectivity index is 1.23. The van der Waals surface area contributed by atoms with E-state index in [2.05, 4.69) is 146 Å². The van der Waals surface area contributed by atoms with E-state index < -0.39 is 0 Å². The predicted molar refractivity (Wildman–Crippen MR) is 195 cm³/mol. The lowest BCUT2D eigenvalue weighted by atomic mass is 9.82. The predicted octanol–water partition coefficient (Wildman–Crippen LogP) is 12.1. The number of rotatable bonds is 5. The van der Waals surface area contributed by atoms with Gasteiger partial charge in [0, 0.05) is 27.7 Å². The van der Waals surface area contributed by atoms with Crippen LogP contribution >= 0.6 is 0 Å². The molecule has 0 saturated heterocycles. The van der Waals surface area contributed by atoms with E-state index in [0.29, 0.717) is 5.89 Å². The fourth-order valence-electron chi connectivity index (χ4n) is 7.39. The first-order valence-electron chi connectivity index (χ1n) is 16.1. The van der Waals surface area contributed by atoms with Crippen LogP contribution in [0.3, 0.4) is 0 Å². The Bertz CT molecular complexity index is 2420. The van der Waals surface area contributed by atoms with Gasteiger partial charge in [0.05, 0.1) is 5.69 Å². The second-order valence-electron chi connectivity index (χ2n) is 12.8. The molecule has 0 bridgehead atoms. The highest BCUT2D eigenvalue weighted by molar-refractivity contribution is 6.11. The van der Waals surface area contributed by atoms with Crippen LogP contribution in [0.15, 0.2) is 162 Å². The van der Waals surface area contributed by atoms with Crippen molar-refractivity contribution in [1.29, 1.82) is 0 Å². The molecule has 0 amide bonds. The van der Waals surface area contributed by atoms with Crippen molar-refractivity contribution >= 4 is 38.9 Å². The van der Waals surface area contributed by atoms with Crippen molar-refractivity contribution in [2.24, 2.45) is 0 Å². The van der Waals surface area contributed by atoms with Gasteiger partial charge in [-0.05, 0) is 81.2 Å². The lowest BCUT2D eigenvalue weighted by Crippen LogP contribution is -2.14. The maximum Gasteiger partial charge on any atom is 0.227 e. The van der Waals surface area contributed by atoms with Crippen LogP contribution < -0.4 is 4.90 Å². The molecular formula is C44H32N2O. The van der Waals surface area contributed by atoms with Crippen LogP contribution in [0.5, 0.6) is 0 Å². The molecule has 47 heavy (non-hydrogen) atoms. The molecule has 0 atom stereocenters. The lowest BCUT2D eigenvalue weighted by Gasteiger charge is -2.26. The molecule has 1 aliphatic rings. The van der Waals surface area contributed by atoms with Crippen molar-refractivity contribution in [2.75, 3.05) is 4.90 Å². The van der Waals surface area contributed by atoms with Crippen molar-refractivity contribution in [3.63, 3.8) is 0 Å². The molecule has 0 fully saturated rings. The highest BCUT2D eigenvalue weighted by Crippen LogP contribution is 2.52. The van der Waals surface area contributed by atoms with Crippen molar-refractivity contribution in [1.82, 2.24) is 4.98 Å². The number of benzene rings is 7. The number of para-hydroxylation sites is 1. The summed E-state index contributed by atoms with van der Waals surface area (Å²) in [5, 5.41) is 2.15. The molecule has 0 unspecified atom stereocenters. The maximum absolute atomic E-state index is 6.56. The van der Waals surface area contributed by atoms with Crippen molar-refractivity contribution in [3.05, 3.63) is 169 Å². The van der Waals surface area contributed by atoms with Crippen molar-refractivity contribution in [2.45, 2.75) is 19.3 Å². The summed E-state index contributed by atoms with van der Waals surface area (Å²) in [5.74, 6) is 0.614. The Morgan fingerprint density at radius 2 is 1.19 bits per heavy atom. The van der Waals surface area contributed by atoms with Gasteiger partial charge in [0.15, 0.2) is 5.58 Å². The fourth-order valence-corrected chi connectivity index (χ4v) is 7.39. The smallest absolute Gasteiger partial charge is 0.227 e. The normalized spacial score (nSPS) is 13.1. The highest BCUT2D eigenvalue weighted by Gasteiger charge is 2.36. The number of hydrogen-bond donors (Lipinski definition) is 0. The van der Waals surface area contributed by atoms with E-state index >= 15 is 0 Å². The fraction of sp³-hybridized carbons (Fsp3) is 0.0682. The Hall–Kier alpha value is -5.93. The highest BCUT2D eigenvalue weighted by atomic mass is 16.3. The van der Waals surface area contributed by atoms with E-state index in [1.54, 1.807) is 0 Å². The van der Waals surface area contributed by atoms with Crippen LogP contribution in [0.2, 0.25) is 0 Å². The summed E-state index contributed by atoms with van der Waals surface area (Å²) in [6.45, 7) is 4.67. The Labute approximate surface area is 274 Å². The summed E-state index contributed by atoms with van der Waals surface area (Å²) in [6, 6.07) is 55.8. The first-order valence-corrected chi connectivity index (χ1v) is 16.1. The van der Waals surface area contributed by atoms with Gasteiger partial charge in [0.2, 0.25) is 5.89 Å². The van der Waals surface area contributed by atoms with Gasteiger partial charge in [-0.3, -0.25) is 0 Å². The monoisotopic (exact) mass is 604 g/mol. The van der Waals surface area contributed by atoms with Gasteiger partial charge in [-0.1, -0.05) is 129 Å². The molecule has 1 heterocycles. The van der Waals surface area contributed by atoms with E-state index in [-0.39, 0.29) is 5.41 Å². The summed E-state index contributed by atoms with van der Waals surface area (Å²) < 4.78 is 6.56. The van der Waals surface area contributed by atoms with Crippen LogP contribution in [-0.2, 0) is 5.41 Å². The zero-order valence-corrected chi connectivity index (χ0v) is 26.3. The number of anilines is 3. The van der Waals surface area contributed by atoms with E-state index in [9.17, 15) is 0 Å². The van der Waals surface area contributed by atoms with E-state index in [1.807, 2.05) is 30.3 Å². The third kappa shape index (κ3) is 4.31. The lowest BCUT2D eigenvalue weighted by molar-refractivity contribution is 0.623. The van der Waals surface area contributed by atoms with E-state index in [1.165, 1.54) is 33.4 Å². The quantitative estimate of drug-likeness (QED) is 0.196. The third-order valence-electron chi connectivity index (χ3n) is 9.69. The minimum atomic E-state index is -0.0381. The summed E-state index contributed by atoms with van der Waals surface area (Å²) in [5.41, 5.74) is 13.5. The molecule has 0 N–H and O–H groups in total. The molecule has 0 spiro atoms. The average Bonchev–Trinajstić information content (AvgIpc) is 3.68. The van der Waals surface area contributed by atoms with Crippen LogP contribution in [0.25, 0.3) is 55.6 Å². The Kier molecular flexibility index (Phi) is 6.16. The maximum atomic E-state index is 6.56. The summed E-state index contributed by atoms with van der Waals surface area (Å²) in [6.07, 6.45) is 0. The van der Waals surface area contributed by atoms with Gasteiger partial charge in [0.1, 0.15) is 5.52 Å². The molecule has 0 radical (unpaired) electrons. The summed E-state index contributed by atoms with van der Waals surface area (Å²) in [7, 11) is 0. The number of nitrogens with zero attached hydrogens (tertiary/aromatic N) is 2. The van der Waals surface area contributed by atoms with Gasteiger partial charge in [-0.15, -0.1) is 0 Å². The molecule has 9 rings (SSSR count). The number of fused-ring (bicyclic) bond motifs is 6. The minimum Gasteiger partial charge on any atom is -0.435 e. The molecule has 3 nitrogen and oxygen atoms in total. The average molecular weight is 605 g/mol. The first-order chi connectivity index (χ1) is 23.1. The third-order valence-corrected chi connectivity index (χ3v) is 9.69. The molecule has 224 valence electrons. The second kappa shape index (κ2) is 10.6. The summed E-state index contributed by atoms with van der Waals surface area (Å²) >= 11 is 0. The zero-order chi connectivity index (χ0) is 31.5. The SMILES string of the molecule is CC1(C)c2ccccc2-c2c(-c3ccc(N(c4ccccc4)c4cc5ccccc5c5oc(-c6ccccc6)nc45)cc3)cccc21. The topological polar surface area (TPSA) is 29.3 Å². The molecule has 8 aromatic rings. The van der Waals surface area contributed by atoms with Crippen LogP contribution in [0.1, 0.15) is 25.0 Å². The number of aromatic nitrogens is 1. The molecule has 0 saturated carbocycles. The van der Waals surface area contributed by atoms with Gasteiger partial charge >= 0.3 is 0 Å². The second-order valence-corrected chi connectivity index (χ2v) is 12.8. The molecule has 7 aromatic carbocycles. The van der Waals surface area contributed by atoms with Crippen LogP contribution in [0.4, 0.5) is 17.1 Å². The molecule has 0 aliphatic heterocycles. The van der Waals surface area contributed by atoms with Gasteiger partial charge < -0.3 is 9.32 Å².